The van der Waals surface area contributed by atoms with Gasteiger partial charge in [-0.1, -0.05) is 48.5 Å². The smallest absolute Gasteiger partial charge is 0.410 e. The van der Waals surface area contributed by atoms with E-state index in [2.05, 4.69) is 41.4 Å². The van der Waals surface area contributed by atoms with E-state index < -0.39 is 0 Å². The van der Waals surface area contributed by atoms with Crippen molar-refractivity contribution >= 4 is 11.9 Å². The minimum atomic E-state index is -0.246. The van der Waals surface area contributed by atoms with Gasteiger partial charge in [0.2, 0.25) is 5.88 Å². The average molecular weight is 497 g/mol. The lowest BCUT2D eigenvalue weighted by Crippen LogP contribution is -2.55. The van der Waals surface area contributed by atoms with Crippen LogP contribution in [0.25, 0.3) is 11.1 Å². The number of ether oxygens (including phenoxy) is 2. The standard InChI is InChI=1S/C31H32N2O4/c1-19-14-21(17-32-30(19)36-2)29(34)20-15-22-8-7-9-23(16-20)33(22)31(35)37-18-28-26-12-5-3-10-24(26)25-11-4-6-13-27(25)28/h3-6,10-14,17,20,22-23,28H,7-9,15-16,18H2,1-2H3. The molecule has 0 spiro atoms. The van der Waals surface area contributed by atoms with Crippen LogP contribution < -0.4 is 4.74 Å². The molecule has 0 N–H and O–H groups in total. The van der Waals surface area contributed by atoms with Crippen molar-refractivity contribution in [2.45, 2.75) is 57.0 Å². The van der Waals surface area contributed by atoms with Gasteiger partial charge >= 0.3 is 6.09 Å². The lowest BCUT2D eigenvalue weighted by molar-refractivity contribution is 0.00650. The summed E-state index contributed by atoms with van der Waals surface area (Å²) in [7, 11) is 1.58. The summed E-state index contributed by atoms with van der Waals surface area (Å²) in [6, 6.07) is 18.7. The number of amides is 1. The summed E-state index contributed by atoms with van der Waals surface area (Å²) in [4.78, 5) is 33.1. The first-order valence-electron chi connectivity index (χ1n) is 13.2. The zero-order valence-corrected chi connectivity index (χ0v) is 21.4. The molecule has 37 heavy (non-hydrogen) atoms. The summed E-state index contributed by atoms with van der Waals surface area (Å²) in [6.45, 7) is 2.22. The molecule has 0 radical (unpaired) electrons. The predicted octanol–water partition coefficient (Wildman–Crippen LogP) is 6.16. The van der Waals surface area contributed by atoms with E-state index in [0.29, 0.717) is 30.9 Å². The van der Waals surface area contributed by atoms with Gasteiger partial charge in [0.25, 0.3) is 0 Å². The third-order valence-electron chi connectivity index (χ3n) is 8.40. The van der Waals surface area contributed by atoms with Crippen LogP contribution in [0.5, 0.6) is 5.88 Å². The molecule has 3 aromatic rings. The molecule has 1 aliphatic carbocycles. The maximum absolute atomic E-state index is 13.4. The summed E-state index contributed by atoms with van der Waals surface area (Å²) in [5.74, 6) is 0.587. The van der Waals surface area contributed by atoms with E-state index in [9.17, 15) is 9.59 Å². The van der Waals surface area contributed by atoms with Gasteiger partial charge in [0.05, 0.1) is 7.11 Å². The average Bonchev–Trinajstić information content (AvgIpc) is 3.24. The van der Waals surface area contributed by atoms with Crippen molar-refractivity contribution in [3.8, 4) is 17.0 Å². The number of aromatic nitrogens is 1. The summed E-state index contributed by atoms with van der Waals surface area (Å²) >= 11 is 0. The fourth-order valence-corrected chi connectivity index (χ4v) is 6.71. The topological polar surface area (TPSA) is 68.7 Å². The van der Waals surface area contributed by atoms with Crippen LogP contribution in [0.4, 0.5) is 4.79 Å². The van der Waals surface area contributed by atoms with Crippen LogP contribution in [0.15, 0.2) is 60.8 Å². The molecule has 3 aliphatic rings. The van der Waals surface area contributed by atoms with Gasteiger partial charge in [0, 0.05) is 41.2 Å². The predicted molar refractivity (Wildman–Crippen MR) is 141 cm³/mol. The molecule has 6 rings (SSSR count). The van der Waals surface area contributed by atoms with E-state index in [-0.39, 0.29) is 35.8 Å². The molecule has 2 atom stereocenters. The molecule has 0 saturated carbocycles. The number of piperidine rings is 2. The van der Waals surface area contributed by atoms with Crippen LogP contribution in [0, 0.1) is 12.8 Å². The van der Waals surface area contributed by atoms with Gasteiger partial charge in [-0.15, -0.1) is 0 Å². The Bertz CT molecular complexity index is 1290. The van der Waals surface area contributed by atoms with Crippen molar-refractivity contribution < 1.29 is 19.1 Å². The number of carbonyl (C=O) groups is 2. The molecule has 1 amide bonds. The van der Waals surface area contributed by atoms with Crippen molar-refractivity contribution in [1.82, 2.24) is 9.88 Å². The summed E-state index contributed by atoms with van der Waals surface area (Å²) in [5, 5.41) is 0. The van der Waals surface area contributed by atoms with E-state index in [1.807, 2.05) is 30.0 Å². The lowest BCUT2D eigenvalue weighted by Gasteiger charge is -2.47. The van der Waals surface area contributed by atoms with Crippen LogP contribution >= 0.6 is 0 Å². The summed E-state index contributed by atoms with van der Waals surface area (Å²) < 4.78 is 11.3. The number of carbonyl (C=O) groups excluding carboxylic acids is 2. The Labute approximate surface area is 217 Å². The van der Waals surface area contributed by atoms with Crippen molar-refractivity contribution in [3.63, 3.8) is 0 Å². The molecular formula is C31H32N2O4. The lowest BCUT2D eigenvalue weighted by atomic mass is 9.76. The van der Waals surface area contributed by atoms with Gasteiger partial charge in [-0.2, -0.15) is 0 Å². The molecule has 2 unspecified atom stereocenters. The number of Topliss-reactive ketones (excluding diaryl/α,β-unsaturated/α-hetero) is 1. The molecule has 2 fully saturated rings. The number of ketones is 1. The van der Waals surface area contributed by atoms with Crippen LogP contribution in [0.3, 0.4) is 0 Å². The normalized spacial score (nSPS) is 22.2. The molecule has 3 heterocycles. The van der Waals surface area contributed by atoms with Crippen molar-refractivity contribution in [3.05, 3.63) is 83.0 Å². The minimum absolute atomic E-state index is 0.0319. The second-order valence-electron chi connectivity index (χ2n) is 10.5. The number of rotatable bonds is 5. The third-order valence-corrected chi connectivity index (χ3v) is 8.40. The van der Waals surface area contributed by atoms with E-state index in [4.69, 9.17) is 9.47 Å². The van der Waals surface area contributed by atoms with Gasteiger partial charge in [-0.05, 0) is 67.3 Å². The molecular weight excluding hydrogens is 464 g/mol. The Kier molecular flexibility index (Phi) is 6.19. The summed E-state index contributed by atoms with van der Waals surface area (Å²) in [6.07, 6.45) is 5.60. The molecule has 6 heteroatoms. The van der Waals surface area contributed by atoms with E-state index in [0.717, 1.165) is 24.8 Å². The number of aryl methyl sites for hydroxylation is 1. The monoisotopic (exact) mass is 496 g/mol. The van der Waals surface area contributed by atoms with Crippen molar-refractivity contribution in [2.75, 3.05) is 13.7 Å². The van der Waals surface area contributed by atoms with Crippen LogP contribution in [0.1, 0.15) is 65.1 Å². The van der Waals surface area contributed by atoms with E-state index >= 15 is 0 Å². The highest BCUT2D eigenvalue weighted by molar-refractivity contribution is 5.98. The molecule has 1 aromatic heterocycles. The molecule has 190 valence electrons. The second kappa shape index (κ2) is 9.66. The van der Waals surface area contributed by atoms with Gasteiger partial charge < -0.3 is 14.4 Å². The largest absolute Gasteiger partial charge is 0.481 e. The number of hydrogen-bond donors (Lipinski definition) is 0. The Morgan fingerprint density at radius 1 is 0.973 bits per heavy atom. The van der Waals surface area contributed by atoms with Crippen molar-refractivity contribution in [1.29, 1.82) is 0 Å². The first-order valence-corrected chi connectivity index (χ1v) is 13.2. The molecule has 6 nitrogen and oxygen atoms in total. The number of methoxy groups -OCH3 is 1. The Hall–Kier alpha value is -3.67. The van der Waals surface area contributed by atoms with Gasteiger partial charge in [0.15, 0.2) is 5.78 Å². The summed E-state index contributed by atoms with van der Waals surface area (Å²) in [5.41, 5.74) is 6.34. The quantitative estimate of drug-likeness (QED) is 0.396. The molecule has 2 aliphatic heterocycles. The zero-order valence-electron chi connectivity index (χ0n) is 21.4. The SMILES string of the molecule is COc1ncc(C(=O)C2CC3CCCC(C2)N3C(=O)OCC2c3ccccc3-c3ccccc32)cc1C. The molecule has 2 aromatic carbocycles. The van der Waals surface area contributed by atoms with Gasteiger partial charge in [-0.25, -0.2) is 9.78 Å². The van der Waals surface area contributed by atoms with Crippen LogP contribution in [0.2, 0.25) is 0 Å². The molecule has 2 bridgehead atoms. The molecule has 2 saturated heterocycles. The van der Waals surface area contributed by atoms with Gasteiger partial charge in [0.1, 0.15) is 6.61 Å². The number of pyridine rings is 1. The van der Waals surface area contributed by atoms with Crippen LogP contribution in [-0.4, -0.2) is 47.6 Å². The minimum Gasteiger partial charge on any atom is -0.481 e. The number of hydrogen-bond acceptors (Lipinski definition) is 5. The van der Waals surface area contributed by atoms with Crippen LogP contribution in [-0.2, 0) is 4.74 Å². The highest BCUT2D eigenvalue weighted by Gasteiger charge is 2.44. The Morgan fingerprint density at radius 2 is 1.59 bits per heavy atom. The second-order valence-corrected chi connectivity index (χ2v) is 10.5. The fraction of sp³-hybridized carbons (Fsp3) is 0.387. The van der Waals surface area contributed by atoms with Crippen molar-refractivity contribution in [2.24, 2.45) is 5.92 Å². The number of benzene rings is 2. The van der Waals surface area contributed by atoms with E-state index in [1.54, 1.807) is 13.3 Å². The first kappa shape index (κ1) is 23.7. The Morgan fingerprint density at radius 3 is 2.19 bits per heavy atom. The highest BCUT2D eigenvalue weighted by Crippen LogP contribution is 2.45. The van der Waals surface area contributed by atoms with E-state index in [1.165, 1.54) is 22.3 Å². The Balaban J connectivity index is 1.16. The van der Waals surface area contributed by atoms with Gasteiger partial charge in [-0.3, -0.25) is 4.79 Å². The fourth-order valence-electron chi connectivity index (χ4n) is 6.71. The maximum atomic E-state index is 13.4. The zero-order chi connectivity index (χ0) is 25.5. The number of nitrogens with zero attached hydrogens (tertiary/aromatic N) is 2. The number of fused-ring (bicyclic) bond motifs is 5. The maximum Gasteiger partial charge on any atom is 0.410 e. The third kappa shape index (κ3) is 4.18. The first-order chi connectivity index (χ1) is 18.0. The highest BCUT2D eigenvalue weighted by atomic mass is 16.6.